The van der Waals surface area contributed by atoms with Crippen LogP contribution in [-0.4, -0.2) is 71.8 Å². The van der Waals surface area contributed by atoms with Crippen LogP contribution < -0.4 is 5.73 Å². The molecule has 0 spiro atoms. The van der Waals surface area contributed by atoms with Crippen LogP contribution in [0.4, 0.5) is 5.82 Å². The molecule has 43 heavy (non-hydrogen) atoms. The topological polar surface area (TPSA) is 223 Å². The predicted octanol–water partition coefficient (Wildman–Crippen LogP) is 3.83. The van der Waals surface area contributed by atoms with Crippen molar-refractivity contribution in [3.05, 3.63) is 24.2 Å². The van der Waals surface area contributed by atoms with Crippen LogP contribution >= 0.6 is 7.82 Å². The number of phosphoric acid groups is 1. The number of rotatable bonds is 20. The molecule has 0 amide bonds. The zero-order chi connectivity index (χ0) is 31.5. The van der Waals surface area contributed by atoms with Gasteiger partial charge in [0.1, 0.15) is 36.2 Å². The summed E-state index contributed by atoms with van der Waals surface area (Å²) < 4.78 is 30.3. The minimum absolute atomic E-state index is 0.0196. The van der Waals surface area contributed by atoms with E-state index in [4.69, 9.17) is 24.6 Å². The highest BCUT2D eigenvalue weighted by Crippen LogP contribution is 2.48. The van der Waals surface area contributed by atoms with Crippen molar-refractivity contribution in [1.82, 2.24) is 14.6 Å². The molecule has 14 nitrogen and oxygen atoms in total. The molecule has 0 radical (unpaired) electrons. The summed E-state index contributed by atoms with van der Waals surface area (Å²) in [7, 11) is -4.73. The van der Waals surface area contributed by atoms with Crippen LogP contribution in [0.5, 0.6) is 0 Å². The molecule has 0 aliphatic carbocycles. The molecular weight excluding hydrogens is 581 g/mol. The average molecular weight is 626 g/mol. The second-order valence-electron chi connectivity index (χ2n) is 11.0. The van der Waals surface area contributed by atoms with Crippen molar-refractivity contribution >= 4 is 25.1 Å². The maximum absolute atomic E-state index is 12.8. The number of unbranched alkanes of at least 4 members (excludes halogenated alkanes) is 9. The lowest BCUT2D eigenvalue weighted by atomic mass is 9.92. The normalized spacial score (nSPS) is 24.1. The number of aliphatic carboxylic acids is 1. The number of nitriles is 1. The molecule has 1 aliphatic heterocycles. The van der Waals surface area contributed by atoms with Gasteiger partial charge in [-0.3, -0.25) is 13.8 Å². The first kappa shape index (κ1) is 34.9. The molecule has 1 fully saturated rings. The van der Waals surface area contributed by atoms with E-state index in [2.05, 4.69) is 17.0 Å². The molecule has 6 atom stereocenters. The van der Waals surface area contributed by atoms with Crippen LogP contribution in [0.3, 0.4) is 0 Å². The average Bonchev–Trinajstić information content (AvgIpc) is 3.52. The number of carbonyl (C=O) groups is 1. The van der Waals surface area contributed by atoms with Crippen LogP contribution in [0.1, 0.15) is 96.1 Å². The fourth-order valence-corrected chi connectivity index (χ4v) is 6.31. The predicted molar refractivity (Wildman–Crippen MR) is 156 cm³/mol. The molecule has 15 heteroatoms. The van der Waals surface area contributed by atoms with E-state index in [-0.39, 0.29) is 24.4 Å². The Kier molecular flexibility index (Phi) is 13.3. The van der Waals surface area contributed by atoms with Gasteiger partial charge in [-0.05, 0) is 25.0 Å². The lowest BCUT2D eigenvalue weighted by molar-refractivity contribution is -0.137. The lowest BCUT2D eigenvalue weighted by Crippen LogP contribution is -2.41. The van der Waals surface area contributed by atoms with Crippen molar-refractivity contribution in [2.45, 2.75) is 120 Å². The van der Waals surface area contributed by atoms with E-state index < -0.39 is 50.4 Å². The van der Waals surface area contributed by atoms with Crippen LogP contribution in [0, 0.1) is 11.3 Å². The van der Waals surface area contributed by atoms with Crippen LogP contribution in [-0.2, 0) is 28.7 Å². The Morgan fingerprint density at radius 1 is 1.16 bits per heavy atom. The second-order valence-corrected chi connectivity index (χ2v) is 12.4. The fourth-order valence-electron chi connectivity index (χ4n) is 5.33. The fraction of sp³-hybridized carbons (Fsp3) is 0.714. The summed E-state index contributed by atoms with van der Waals surface area (Å²) in [6.45, 7) is 1.50. The Balaban J connectivity index is 1.55. The number of hydrogen-bond donors (Lipinski definition) is 5. The standard InChI is InChI=1S/C28H44N5O9P/c1-2-3-4-5-6-7-8-9-10-11-12-20(13-16-24(34)35)42-43(38,39)40-17-22-25(36)26(37)28(18-29,41-22)23-15-14-21-27(30)31-19-32-33(21)23/h14-15,19-20,22,25-26,36-37H,2-13,16-17H2,1H3,(H,34,35)(H,38,39)(H2,30,31,32)/t20?,22-,25-,26-,28+/m1/s1. The minimum atomic E-state index is -4.73. The van der Waals surface area contributed by atoms with Crippen molar-refractivity contribution in [2.24, 2.45) is 0 Å². The maximum atomic E-state index is 12.8. The SMILES string of the molecule is CCCCCCCCCCCCC(CCC(=O)O)OP(=O)(O)OC[C@H]1O[C@@](C#N)(c2ccc3c(N)ncnn23)[C@H](O)[C@@H]1O. The zero-order valence-corrected chi connectivity index (χ0v) is 25.5. The number of nitrogen functional groups attached to an aromatic ring is 1. The number of ether oxygens (including phenoxy) is 1. The van der Waals surface area contributed by atoms with Gasteiger partial charge in [0.25, 0.3) is 0 Å². The smallest absolute Gasteiger partial charge is 0.472 e. The number of hydrogen-bond acceptors (Lipinski definition) is 11. The van der Waals surface area contributed by atoms with Crippen LogP contribution in [0.25, 0.3) is 5.52 Å². The number of aliphatic hydroxyl groups is 2. The molecule has 1 aliphatic rings. The van der Waals surface area contributed by atoms with Gasteiger partial charge in [0.05, 0.1) is 18.4 Å². The van der Waals surface area contributed by atoms with Crippen molar-refractivity contribution < 1.29 is 43.4 Å². The van der Waals surface area contributed by atoms with Crippen molar-refractivity contribution in [1.29, 1.82) is 5.26 Å². The third-order valence-electron chi connectivity index (χ3n) is 7.73. The number of carboxylic acids is 1. The van der Waals surface area contributed by atoms with Gasteiger partial charge in [-0.2, -0.15) is 10.4 Å². The van der Waals surface area contributed by atoms with Gasteiger partial charge >= 0.3 is 13.8 Å². The largest absolute Gasteiger partial charge is 0.481 e. The molecule has 0 bridgehead atoms. The Morgan fingerprint density at radius 2 is 1.81 bits per heavy atom. The Labute approximate surface area is 251 Å². The van der Waals surface area contributed by atoms with Gasteiger partial charge in [0.15, 0.2) is 5.82 Å². The third-order valence-corrected chi connectivity index (χ3v) is 8.77. The van der Waals surface area contributed by atoms with Gasteiger partial charge in [0, 0.05) is 6.42 Å². The molecule has 3 rings (SSSR count). The number of aromatic nitrogens is 3. The summed E-state index contributed by atoms with van der Waals surface area (Å²) in [4.78, 5) is 25.4. The summed E-state index contributed by atoms with van der Waals surface area (Å²) >= 11 is 0. The van der Waals surface area contributed by atoms with Gasteiger partial charge in [0.2, 0.25) is 5.60 Å². The Hall–Kier alpha value is -2.63. The summed E-state index contributed by atoms with van der Waals surface area (Å²) in [5.41, 5.74) is 4.18. The van der Waals surface area contributed by atoms with Gasteiger partial charge in [-0.1, -0.05) is 71.1 Å². The van der Waals surface area contributed by atoms with E-state index in [0.717, 1.165) is 25.6 Å². The number of carboxylic acid groups (broad SMARTS) is 1. The molecule has 0 saturated carbocycles. The molecule has 1 saturated heterocycles. The van der Waals surface area contributed by atoms with E-state index in [1.165, 1.54) is 55.2 Å². The number of phosphoric ester groups is 1. The highest BCUT2D eigenvalue weighted by atomic mass is 31.2. The molecule has 6 N–H and O–H groups in total. The van der Waals surface area contributed by atoms with Gasteiger partial charge in [-0.25, -0.2) is 14.1 Å². The first-order valence-corrected chi connectivity index (χ1v) is 16.5. The third kappa shape index (κ3) is 9.43. The van der Waals surface area contributed by atoms with E-state index in [0.29, 0.717) is 18.4 Å². The van der Waals surface area contributed by atoms with E-state index in [9.17, 15) is 29.7 Å². The van der Waals surface area contributed by atoms with Crippen molar-refractivity contribution in [2.75, 3.05) is 12.3 Å². The molecule has 2 aromatic heterocycles. The molecule has 2 unspecified atom stereocenters. The molecule has 2 aromatic rings. The summed E-state index contributed by atoms with van der Waals surface area (Å²) in [6, 6.07) is 4.86. The Morgan fingerprint density at radius 3 is 2.44 bits per heavy atom. The number of aliphatic hydroxyl groups excluding tert-OH is 2. The monoisotopic (exact) mass is 625 g/mol. The zero-order valence-electron chi connectivity index (χ0n) is 24.6. The first-order chi connectivity index (χ1) is 20.5. The van der Waals surface area contributed by atoms with Crippen molar-refractivity contribution in [3.63, 3.8) is 0 Å². The minimum Gasteiger partial charge on any atom is -0.481 e. The number of fused-ring (bicyclic) bond motifs is 1. The van der Waals surface area contributed by atoms with Crippen LogP contribution in [0.2, 0.25) is 0 Å². The quantitative estimate of drug-likeness (QED) is 0.104. The lowest BCUT2D eigenvalue weighted by Gasteiger charge is -2.24. The van der Waals surface area contributed by atoms with Gasteiger partial charge in [-0.15, -0.1) is 0 Å². The van der Waals surface area contributed by atoms with E-state index >= 15 is 0 Å². The summed E-state index contributed by atoms with van der Waals surface area (Å²) in [5, 5.41) is 44.7. The second kappa shape index (κ2) is 16.4. The molecular formula is C28H44N5O9P. The van der Waals surface area contributed by atoms with E-state index in [1.807, 2.05) is 6.07 Å². The van der Waals surface area contributed by atoms with Gasteiger partial charge < -0.3 is 30.7 Å². The number of nitrogens with two attached hydrogens (primary N) is 1. The van der Waals surface area contributed by atoms with E-state index in [1.54, 1.807) is 0 Å². The number of anilines is 1. The molecule has 3 heterocycles. The summed E-state index contributed by atoms with van der Waals surface area (Å²) in [6.07, 6.45) is 6.74. The van der Waals surface area contributed by atoms with Crippen LogP contribution in [0.15, 0.2) is 18.5 Å². The Bertz CT molecular complexity index is 1270. The highest BCUT2D eigenvalue weighted by Gasteiger charge is 2.58. The maximum Gasteiger partial charge on any atom is 0.472 e. The molecule has 0 aromatic carbocycles. The van der Waals surface area contributed by atoms with Crippen molar-refractivity contribution in [3.8, 4) is 6.07 Å². The summed E-state index contributed by atoms with van der Waals surface area (Å²) in [5.74, 6) is -0.935. The molecule has 240 valence electrons. The first-order valence-electron chi connectivity index (χ1n) is 15.0. The highest BCUT2D eigenvalue weighted by molar-refractivity contribution is 7.47. The number of nitrogens with zero attached hydrogens (tertiary/aromatic N) is 4.